The minimum atomic E-state index is -0.199. The van der Waals surface area contributed by atoms with E-state index in [2.05, 4.69) is 15.6 Å². The number of aromatic nitrogens is 1. The first-order valence-electron chi connectivity index (χ1n) is 7.92. The predicted octanol–water partition coefficient (Wildman–Crippen LogP) is 3.07. The number of H-pyrrole nitrogens is 1. The van der Waals surface area contributed by atoms with Crippen LogP contribution >= 0.6 is 11.6 Å². The van der Waals surface area contributed by atoms with Crippen LogP contribution in [0.4, 0.5) is 4.79 Å². The number of rotatable bonds is 7. The number of aromatic amines is 1. The number of urea groups is 1. The average molecular weight is 338 g/mol. The fraction of sp³-hybridized carbons (Fsp3) is 0.471. The number of halogens is 1. The van der Waals surface area contributed by atoms with Crippen LogP contribution in [0.25, 0.3) is 10.9 Å². The second-order valence-corrected chi connectivity index (χ2v) is 6.45. The topological polar surface area (TPSA) is 77.2 Å². The number of fused-ring (bicyclic) bond motifs is 1. The summed E-state index contributed by atoms with van der Waals surface area (Å²) < 4.78 is 0. The molecule has 23 heavy (non-hydrogen) atoms. The van der Waals surface area contributed by atoms with E-state index in [1.54, 1.807) is 0 Å². The summed E-state index contributed by atoms with van der Waals surface area (Å²) in [6.45, 7) is 4.65. The Kier molecular flexibility index (Phi) is 6.30. The quantitative estimate of drug-likeness (QED) is 0.626. The van der Waals surface area contributed by atoms with E-state index in [1.807, 2.05) is 38.2 Å². The Morgan fingerprint density at radius 1 is 1.39 bits per heavy atom. The van der Waals surface area contributed by atoms with Crippen molar-refractivity contribution in [1.82, 2.24) is 15.6 Å². The third kappa shape index (κ3) is 4.88. The summed E-state index contributed by atoms with van der Waals surface area (Å²) in [5.41, 5.74) is 2.16. The van der Waals surface area contributed by atoms with E-state index in [0.29, 0.717) is 18.0 Å². The highest BCUT2D eigenvalue weighted by Gasteiger charge is 2.15. The van der Waals surface area contributed by atoms with Crippen molar-refractivity contribution in [2.45, 2.75) is 32.7 Å². The van der Waals surface area contributed by atoms with Gasteiger partial charge < -0.3 is 20.7 Å². The van der Waals surface area contributed by atoms with Gasteiger partial charge in [0.2, 0.25) is 0 Å². The van der Waals surface area contributed by atoms with Crippen LogP contribution in [0.2, 0.25) is 5.02 Å². The minimum Gasteiger partial charge on any atom is -0.396 e. The molecule has 4 N–H and O–H groups in total. The molecule has 0 saturated carbocycles. The van der Waals surface area contributed by atoms with Crippen molar-refractivity contribution in [3.8, 4) is 0 Å². The van der Waals surface area contributed by atoms with Gasteiger partial charge in [-0.3, -0.25) is 0 Å². The number of benzene rings is 1. The van der Waals surface area contributed by atoms with E-state index in [4.69, 9.17) is 16.7 Å². The summed E-state index contributed by atoms with van der Waals surface area (Å²) in [5.74, 6) is 0.281. The number of amides is 2. The van der Waals surface area contributed by atoms with Crippen LogP contribution in [0, 0.1) is 5.92 Å². The summed E-state index contributed by atoms with van der Waals surface area (Å²) in [7, 11) is 0. The van der Waals surface area contributed by atoms with Crippen LogP contribution < -0.4 is 10.6 Å². The Bertz CT molecular complexity index is 654. The van der Waals surface area contributed by atoms with Crippen LogP contribution in [0.1, 0.15) is 25.8 Å². The van der Waals surface area contributed by atoms with Gasteiger partial charge in [0.1, 0.15) is 0 Å². The summed E-state index contributed by atoms with van der Waals surface area (Å²) >= 11 is 6.03. The number of hydrogen-bond donors (Lipinski definition) is 4. The normalized spacial score (nSPS) is 12.6. The van der Waals surface area contributed by atoms with E-state index < -0.39 is 0 Å². The molecule has 2 aromatic rings. The lowest BCUT2D eigenvalue weighted by Crippen LogP contribution is -2.45. The largest absolute Gasteiger partial charge is 0.396 e. The lowest BCUT2D eigenvalue weighted by Gasteiger charge is -2.21. The molecule has 0 aliphatic carbocycles. The van der Waals surface area contributed by atoms with E-state index in [-0.39, 0.29) is 24.6 Å². The maximum atomic E-state index is 11.9. The van der Waals surface area contributed by atoms with Gasteiger partial charge in [-0.25, -0.2) is 4.79 Å². The average Bonchev–Trinajstić information content (AvgIpc) is 2.89. The zero-order chi connectivity index (χ0) is 16.8. The Balaban J connectivity index is 1.86. The molecule has 1 heterocycles. The van der Waals surface area contributed by atoms with Gasteiger partial charge in [-0.15, -0.1) is 0 Å². The van der Waals surface area contributed by atoms with Gasteiger partial charge >= 0.3 is 6.03 Å². The van der Waals surface area contributed by atoms with Crippen molar-refractivity contribution in [3.05, 3.63) is 35.0 Å². The fourth-order valence-electron chi connectivity index (χ4n) is 2.60. The smallest absolute Gasteiger partial charge is 0.315 e. The molecule has 0 radical (unpaired) electrons. The highest BCUT2D eigenvalue weighted by molar-refractivity contribution is 6.31. The van der Waals surface area contributed by atoms with Gasteiger partial charge in [0, 0.05) is 41.3 Å². The molecule has 1 aromatic carbocycles. The zero-order valence-electron chi connectivity index (χ0n) is 13.5. The second kappa shape index (κ2) is 8.22. The maximum Gasteiger partial charge on any atom is 0.315 e. The van der Waals surface area contributed by atoms with Gasteiger partial charge in [0.15, 0.2) is 0 Å². The summed E-state index contributed by atoms with van der Waals surface area (Å²) in [6, 6.07) is 5.51. The number of aliphatic hydroxyl groups excluding tert-OH is 1. The predicted molar refractivity (Wildman–Crippen MR) is 93.9 cm³/mol. The zero-order valence-corrected chi connectivity index (χ0v) is 14.3. The third-order valence-electron chi connectivity index (χ3n) is 3.97. The van der Waals surface area contributed by atoms with Crippen molar-refractivity contribution in [1.29, 1.82) is 0 Å². The molecule has 2 rings (SSSR count). The first-order valence-corrected chi connectivity index (χ1v) is 8.29. The van der Waals surface area contributed by atoms with Crippen LogP contribution in [-0.2, 0) is 6.42 Å². The summed E-state index contributed by atoms with van der Waals surface area (Å²) in [6.07, 6.45) is 3.23. The van der Waals surface area contributed by atoms with Gasteiger partial charge in [-0.2, -0.15) is 0 Å². The van der Waals surface area contributed by atoms with Gasteiger partial charge in [0.05, 0.1) is 0 Å². The lowest BCUT2D eigenvalue weighted by atomic mass is 10.0. The van der Waals surface area contributed by atoms with Gasteiger partial charge in [-0.05, 0) is 42.5 Å². The molecule has 0 bridgehead atoms. The van der Waals surface area contributed by atoms with Gasteiger partial charge in [0.25, 0.3) is 0 Å². The Labute approximate surface area is 141 Å². The summed E-state index contributed by atoms with van der Waals surface area (Å²) in [5, 5.41) is 16.6. The number of hydrogen-bond acceptors (Lipinski definition) is 2. The highest BCUT2D eigenvalue weighted by Crippen LogP contribution is 2.22. The van der Waals surface area contributed by atoms with Crippen LogP contribution in [0.15, 0.2) is 24.4 Å². The van der Waals surface area contributed by atoms with E-state index in [9.17, 15) is 4.79 Å². The standard InChI is InChI=1S/C17H24ClN3O2/c1-11(2)15(6-8-22)21-17(23)19-7-5-12-10-20-16-4-3-13(18)9-14(12)16/h3-4,9-11,15,20,22H,5-8H2,1-2H3,(H2,19,21,23). The minimum absolute atomic E-state index is 0.0214. The molecule has 0 saturated heterocycles. The molecule has 0 fully saturated rings. The van der Waals surface area contributed by atoms with Crippen molar-refractivity contribution in [3.63, 3.8) is 0 Å². The van der Waals surface area contributed by atoms with Crippen molar-refractivity contribution in [2.75, 3.05) is 13.2 Å². The third-order valence-corrected chi connectivity index (χ3v) is 4.21. The molecule has 0 aliphatic heterocycles. The molecular weight excluding hydrogens is 314 g/mol. The van der Waals surface area contributed by atoms with Crippen molar-refractivity contribution >= 4 is 28.5 Å². The first kappa shape index (κ1) is 17.6. The molecule has 1 aromatic heterocycles. The Hall–Kier alpha value is -1.72. The van der Waals surface area contributed by atoms with Crippen LogP contribution in [0.3, 0.4) is 0 Å². The first-order chi connectivity index (χ1) is 11.0. The van der Waals surface area contributed by atoms with Gasteiger partial charge in [-0.1, -0.05) is 25.4 Å². The number of aliphatic hydroxyl groups is 1. The molecule has 0 spiro atoms. The maximum absolute atomic E-state index is 11.9. The monoisotopic (exact) mass is 337 g/mol. The lowest BCUT2D eigenvalue weighted by molar-refractivity contribution is 0.219. The Morgan fingerprint density at radius 3 is 2.87 bits per heavy atom. The molecule has 0 aliphatic rings. The SMILES string of the molecule is CC(C)C(CCO)NC(=O)NCCc1c[nH]c2ccc(Cl)cc12. The molecule has 1 unspecified atom stereocenters. The summed E-state index contributed by atoms with van der Waals surface area (Å²) in [4.78, 5) is 15.1. The molecular formula is C17H24ClN3O2. The van der Waals surface area contributed by atoms with E-state index in [0.717, 1.165) is 22.9 Å². The van der Waals surface area contributed by atoms with E-state index >= 15 is 0 Å². The number of nitrogens with one attached hydrogen (secondary N) is 3. The van der Waals surface area contributed by atoms with Crippen molar-refractivity contribution < 1.29 is 9.90 Å². The molecule has 126 valence electrons. The highest BCUT2D eigenvalue weighted by atomic mass is 35.5. The molecule has 5 nitrogen and oxygen atoms in total. The number of carbonyl (C=O) groups is 1. The fourth-order valence-corrected chi connectivity index (χ4v) is 2.77. The molecule has 1 atom stereocenters. The van der Waals surface area contributed by atoms with Crippen LogP contribution in [-0.4, -0.2) is 35.3 Å². The second-order valence-electron chi connectivity index (χ2n) is 6.02. The van der Waals surface area contributed by atoms with E-state index in [1.165, 1.54) is 0 Å². The van der Waals surface area contributed by atoms with Crippen molar-refractivity contribution in [2.24, 2.45) is 5.92 Å². The molecule has 6 heteroatoms. The number of carbonyl (C=O) groups excluding carboxylic acids is 1. The Morgan fingerprint density at radius 2 is 2.17 bits per heavy atom. The van der Waals surface area contributed by atoms with Crippen LogP contribution in [0.5, 0.6) is 0 Å². The molecule has 2 amide bonds.